The monoisotopic (exact) mass is 611 g/mol. The molecular formula is C30H34ClN5O7. The number of anilines is 2. The van der Waals surface area contributed by atoms with Crippen molar-refractivity contribution in [3.8, 4) is 0 Å². The molecule has 0 bridgehead atoms. The normalized spacial score (nSPS) is 20.0. The van der Waals surface area contributed by atoms with Crippen LogP contribution < -0.4 is 21.3 Å². The third kappa shape index (κ3) is 6.85. The minimum absolute atomic E-state index is 0.00991. The zero-order valence-electron chi connectivity index (χ0n) is 23.7. The summed E-state index contributed by atoms with van der Waals surface area (Å²) in [6.45, 7) is 0.682. The van der Waals surface area contributed by atoms with E-state index in [4.69, 9.17) is 16.3 Å². The quantitative estimate of drug-likeness (QED) is 0.352. The van der Waals surface area contributed by atoms with Crippen LogP contribution >= 0.6 is 11.6 Å². The first-order chi connectivity index (χ1) is 20.7. The van der Waals surface area contributed by atoms with Crippen LogP contribution in [0.3, 0.4) is 0 Å². The van der Waals surface area contributed by atoms with E-state index in [0.717, 1.165) is 19.3 Å². The zero-order chi connectivity index (χ0) is 30.6. The molecule has 5 amide bonds. The van der Waals surface area contributed by atoms with Gasteiger partial charge in [-0.3, -0.25) is 25.0 Å². The maximum atomic E-state index is 14.0. The number of ether oxygens (including phenoxy) is 2. The van der Waals surface area contributed by atoms with Gasteiger partial charge < -0.3 is 25.0 Å². The number of rotatable bonds is 8. The van der Waals surface area contributed by atoms with E-state index in [9.17, 15) is 24.0 Å². The lowest BCUT2D eigenvalue weighted by atomic mass is 9.83. The fourth-order valence-electron chi connectivity index (χ4n) is 5.63. The van der Waals surface area contributed by atoms with Crippen LogP contribution in [0.2, 0.25) is 5.02 Å². The lowest BCUT2D eigenvalue weighted by Gasteiger charge is -2.45. The molecule has 1 spiro atoms. The summed E-state index contributed by atoms with van der Waals surface area (Å²) in [4.78, 5) is 65.2. The second-order valence-electron chi connectivity index (χ2n) is 11.0. The molecule has 12 nitrogen and oxygen atoms in total. The number of nitrogens with zero attached hydrogens (tertiary/aromatic N) is 1. The number of piperidine rings is 1. The second-order valence-corrected chi connectivity index (χ2v) is 11.4. The number of hydrogen-bond acceptors (Lipinski definition) is 7. The average Bonchev–Trinajstić information content (AvgIpc) is 2.96. The van der Waals surface area contributed by atoms with E-state index in [-0.39, 0.29) is 42.8 Å². The van der Waals surface area contributed by atoms with Crippen molar-refractivity contribution in [2.24, 2.45) is 5.92 Å². The largest absolute Gasteiger partial charge is 0.453 e. The molecule has 2 atom stereocenters. The third-order valence-electron chi connectivity index (χ3n) is 8.15. The van der Waals surface area contributed by atoms with Gasteiger partial charge in [-0.15, -0.1) is 0 Å². The van der Waals surface area contributed by atoms with E-state index in [1.165, 1.54) is 19.2 Å². The van der Waals surface area contributed by atoms with E-state index < -0.39 is 29.7 Å². The molecule has 2 heterocycles. The highest BCUT2D eigenvalue weighted by Gasteiger charge is 2.47. The second kappa shape index (κ2) is 12.9. The Hall–Kier alpha value is -4.32. The highest BCUT2D eigenvalue weighted by Crippen LogP contribution is 2.43. The summed E-state index contributed by atoms with van der Waals surface area (Å²) in [5.74, 6) is -0.910. The first-order valence-electron chi connectivity index (χ1n) is 14.3. The van der Waals surface area contributed by atoms with Crippen LogP contribution in [0.15, 0.2) is 42.5 Å². The molecule has 2 fully saturated rings. The van der Waals surface area contributed by atoms with Crippen LogP contribution in [0, 0.1) is 5.92 Å². The molecule has 1 aliphatic carbocycles. The van der Waals surface area contributed by atoms with Gasteiger partial charge in [0.2, 0.25) is 11.8 Å². The Kier molecular flexibility index (Phi) is 9.05. The number of hydrogen-bond donors (Lipinski definition) is 4. The maximum absolute atomic E-state index is 14.0. The van der Waals surface area contributed by atoms with E-state index in [2.05, 4.69) is 26.0 Å². The van der Waals surface area contributed by atoms with Crippen LogP contribution in [-0.2, 0) is 24.7 Å². The lowest BCUT2D eigenvalue weighted by molar-refractivity contribution is -0.141. The molecule has 2 aromatic carbocycles. The number of carbonyl (C=O) groups excluding carboxylic acids is 5. The highest BCUT2D eigenvalue weighted by molar-refractivity contribution is 6.30. The summed E-state index contributed by atoms with van der Waals surface area (Å²) in [6, 6.07) is 10.3. The van der Waals surface area contributed by atoms with Gasteiger partial charge in [-0.05, 0) is 74.6 Å². The Morgan fingerprint density at radius 2 is 1.91 bits per heavy atom. The number of likely N-dealkylation sites (tertiary alicyclic amines) is 1. The summed E-state index contributed by atoms with van der Waals surface area (Å²) in [5, 5.41) is 11.4. The van der Waals surface area contributed by atoms with Crippen molar-refractivity contribution in [3.05, 3.63) is 58.6 Å². The fourth-order valence-corrected chi connectivity index (χ4v) is 5.80. The smallest absolute Gasteiger partial charge is 0.412 e. The molecule has 3 aliphatic rings. The van der Waals surface area contributed by atoms with Gasteiger partial charge in [0, 0.05) is 40.8 Å². The van der Waals surface area contributed by atoms with Crippen molar-refractivity contribution in [1.82, 2.24) is 15.5 Å². The molecule has 43 heavy (non-hydrogen) atoms. The Bertz CT molecular complexity index is 1410. The van der Waals surface area contributed by atoms with Crippen molar-refractivity contribution in [2.75, 3.05) is 37.4 Å². The Balaban J connectivity index is 1.33. The van der Waals surface area contributed by atoms with Gasteiger partial charge >= 0.3 is 12.2 Å². The summed E-state index contributed by atoms with van der Waals surface area (Å²) in [7, 11) is 1.25. The summed E-state index contributed by atoms with van der Waals surface area (Å²) in [6.07, 6.45) is 2.68. The SMILES string of the molecule is COC(=O)Nc1ccc(C(=O)NC(CCNC(=O)C2CCC2)C(=O)N2CCC[C@@]3(C2)OC(=O)Nc2ccc(Cl)cc23)cc1. The molecule has 228 valence electrons. The standard InChI is InChI=1S/C30H34ClN5O7/c1-42-28(40)33-21-9-6-19(7-10-21)26(38)34-24(12-14-32-25(37)18-4-2-5-18)27(39)36-15-3-13-30(17-36)22-16-20(31)8-11-23(22)35-29(41)43-30/h6-11,16,18,24H,2-5,12-15,17H2,1H3,(H,32,37)(H,33,40)(H,34,38)(H,35,41)/t24?,30-/m0/s1. The summed E-state index contributed by atoms with van der Waals surface area (Å²) < 4.78 is 10.4. The zero-order valence-corrected chi connectivity index (χ0v) is 24.5. The van der Waals surface area contributed by atoms with Gasteiger partial charge in [-0.2, -0.15) is 0 Å². The molecule has 2 aliphatic heterocycles. The predicted molar refractivity (Wildman–Crippen MR) is 158 cm³/mol. The molecular weight excluding hydrogens is 578 g/mol. The van der Waals surface area contributed by atoms with Crippen LogP contribution in [0.25, 0.3) is 0 Å². The van der Waals surface area contributed by atoms with Crippen LogP contribution in [-0.4, -0.2) is 67.6 Å². The number of fused-ring (bicyclic) bond motifs is 2. The van der Waals surface area contributed by atoms with Gasteiger partial charge in [0.05, 0.1) is 19.3 Å². The first kappa shape index (κ1) is 30.1. The van der Waals surface area contributed by atoms with Crippen molar-refractivity contribution in [3.63, 3.8) is 0 Å². The van der Waals surface area contributed by atoms with E-state index >= 15 is 0 Å². The van der Waals surface area contributed by atoms with Crippen molar-refractivity contribution >= 4 is 52.9 Å². The molecule has 5 rings (SSSR count). The number of methoxy groups -OCH3 is 1. The van der Waals surface area contributed by atoms with Crippen molar-refractivity contribution in [1.29, 1.82) is 0 Å². The molecule has 2 aromatic rings. The van der Waals surface area contributed by atoms with Gasteiger partial charge in [0.15, 0.2) is 5.60 Å². The highest BCUT2D eigenvalue weighted by atomic mass is 35.5. The number of halogens is 1. The van der Waals surface area contributed by atoms with Crippen molar-refractivity contribution in [2.45, 2.75) is 50.2 Å². The number of nitrogens with one attached hydrogen (secondary N) is 4. The van der Waals surface area contributed by atoms with Crippen LogP contribution in [0.5, 0.6) is 0 Å². The number of carbonyl (C=O) groups is 5. The van der Waals surface area contributed by atoms with Gasteiger partial charge in [0.25, 0.3) is 5.91 Å². The first-order valence-corrected chi connectivity index (χ1v) is 14.7. The molecule has 4 N–H and O–H groups in total. The van der Waals surface area contributed by atoms with Crippen molar-refractivity contribution < 1.29 is 33.4 Å². The van der Waals surface area contributed by atoms with Crippen LogP contribution in [0.1, 0.15) is 54.4 Å². The van der Waals surface area contributed by atoms with E-state index in [1.54, 1.807) is 35.2 Å². The molecule has 0 radical (unpaired) electrons. The maximum Gasteiger partial charge on any atom is 0.412 e. The minimum atomic E-state index is -1.09. The molecule has 13 heteroatoms. The molecule has 1 saturated carbocycles. The van der Waals surface area contributed by atoms with Crippen LogP contribution in [0.4, 0.5) is 21.0 Å². The number of amides is 5. The third-order valence-corrected chi connectivity index (χ3v) is 8.39. The predicted octanol–water partition coefficient (Wildman–Crippen LogP) is 4.00. The fraction of sp³-hybridized carbons (Fsp3) is 0.433. The Morgan fingerprint density at radius 3 is 2.60 bits per heavy atom. The summed E-state index contributed by atoms with van der Waals surface area (Å²) in [5.41, 5.74) is 0.879. The van der Waals surface area contributed by atoms with E-state index in [1.807, 2.05) is 0 Å². The molecule has 0 aromatic heterocycles. The minimum Gasteiger partial charge on any atom is -0.453 e. The van der Waals surface area contributed by atoms with Gasteiger partial charge in [0.1, 0.15) is 6.04 Å². The summed E-state index contributed by atoms with van der Waals surface area (Å²) >= 11 is 6.28. The average molecular weight is 612 g/mol. The molecule has 1 saturated heterocycles. The van der Waals surface area contributed by atoms with E-state index in [0.29, 0.717) is 41.3 Å². The molecule has 1 unspecified atom stereocenters. The Morgan fingerprint density at radius 1 is 1.14 bits per heavy atom. The lowest BCUT2D eigenvalue weighted by Crippen LogP contribution is -2.57. The Labute approximate surface area is 253 Å². The topological polar surface area (TPSA) is 155 Å². The van der Waals surface area contributed by atoms with Gasteiger partial charge in [-0.25, -0.2) is 9.59 Å². The van der Waals surface area contributed by atoms with Gasteiger partial charge in [-0.1, -0.05) is 18.0 Å². The number of benzene rings is 2.